The zero-order valence-corrected chi connectivity index (χ0v) is 14.3. The highest BCUT2D eigenvalue weighted by molar-refractivity contribution is 8.00. The van der Waals surface area contributed by atoms with Crippen LogP contribution in [-0.2, 0) is 11.0 Å². The first kappa shape index (κ1) is 18.6. The van der Waals surface area contributed by atoms with E-state index in [1.165, 1.54) is 4.90 Å². The molecular weight excluding hydrogens is 370 g/mol. The van der Waals surface area contributed by atoms with E-state index in [0.717, 1.165) is 23.9 Å². The van der Waals surface area contributed by atoms with E-state index in [1.807, 2.05) is 6.07 Å². The standard InChI is InChI=1S/C18H15F4NO2S/c19-12-6-7-15(18(20,21)22)14(10-12)17-23(16(24)11-26-17)8-9-25-13-4-2-1-3-5-13/h1-7,10,17H,8-9,11H2. The van der Waals surface area contributed by atoms with E-state index in [1.54, 1.807) is 24.3 Å². The van der Waals surface area contributed by atoms with Crippen LogP contribution in [0, 0.1) is 5.82 Å². The van der Waals surface area contributed by atoms with Crippen LogP contribution in [0.15, 0.2) is 48.5 Å². The number of carbonyl (C=O) groups excluding carboxylic acids is 1. The number of rotatable bonds is 5. The van der Waals surface area contributed by atoms with Gasteiger partial charge in [-0.15, -0.1) is 11.8 Å². The molecule has 1 unspecified atom stereocenters. The van der Waals surface area contributed by atoms with Crippen molar-refractivity contribution in [3.63, 3.8) is 0 Å². The molecule has 26 heavy (non-hydrogen) atoms. The SMILES string of the molecule is O=C1CSC(c2cc(F)ccc2C(F)(F)F)N1CCOc1ccccc1. The van der Waals surface area contributed by atoms with Gasteiger partial charge in [-0.2, -0.15) is 13.2 Å². The maximum Gasteiger partial charge on any atom is 0.416 e. The maximum atomic E-state index is 13.6. The van der Waals surface area contributed by atoms with Crippen molar-refractivity contribution in [2.45, 2.75) is 11.6 Å². The summed E-state index contributed by atoms with van der Waals surface area (Å²) in [7, 11) is 0. The Balaban J connectivity index is 1.79. The van der Waals surface area contributed by atoms with Crippen molar-refractivity contribution in [2.75, 3.05) is 18.9 Å². The monoisotopic (exact) mass is 385 g/mol. The van der Waals surface area contributed by atoms with Gasteiger partial charge in [0.25, 0.3) is 0 Å². The second-order valence-electron chi connectivity index (χ2n) is 5.64. The Morgan fingerprint density at radius 3 is 2.58 bits per heavy atom. The van der Waals surface area contributed by atoms with Crippen molar-refractivity contribution >= 4 is 17.7 Å². The second kappa shape index (κ2) is 7.57. The molecule has 0 saturated carbocycles. The van der Waals surface area contributed by atoms with Gasteiger partial charge in [-0.25, -0.2) is 4.39 Å². The zero-order chi connectivity index (χ0) is 18.7. The van der Waals surface area contributed by atoms with Crippen molar-refractivity contribution in [1.82, 2.24) is 4.90 Å². The lowest BCUT2D eigenvalue weighted by atomic mass is 10.1. The molecule has 2 aromatic rings. The summed E-state index contributed by atoms with van der Waals surface area (Å²) in [4.78, 5) is 13.4. The Kier molecular flexibility index (Phi) is 5.41. The lowest BCUT2D eigenvalue weighted by Crippen LogP contribution is -2.33. The van der Waals surface area contributed by atoms with E-state index in [0.29, 0.717) is 11.8 Å². The molecule has 1 heterocycles. The average Bonchev–Trinajstić information content (AvgIpc) is 2.95. The van der Waals surface area contributed by atoms with Crippen molar-refractivity contribution < 1.29 is 27.1 Å². The van der Waals surface area contributed by atoms with Crippen LogP contribution >= 0.6 is 11.8 Å². The van der Waals surface area contributed by atoms with Gasteiger partial charge < -0.3 is 9.64 Å². The van der Waals surface area contributed by atoms with Crippen LogP contribution in [0.25, 0.3) is 0 Å². The quantitative estimate of drug-likeness (QED) is 0.710. The summed E-state index contributed by atoms with van der Waals surface area (Å²) in [5.74, 6) is -0.420. The molecule has 1 amide bonds. The Bertz CT molecular complexity index is 783. The molecule has 0 N–H and O–H groups in total. The van der Waals surface area contributed by atoms with Crippen molar-refractivity contribution in [3.8, 4) is 5.75 Å². The van der Waals surface area contributed by atoms with Gasteiger partial charge in [0.1, 0.15) is 23.5 Å². The molecule has 3 nitrogen and oxygen atoms in total. The van der Waals surface area contributed by atoms with Gasteiger partial charge in [-0.1, -0.05) is 18.2 Å². The summed E-state index contributed by atoms with van der Waals surface area (Å²) in [5.41, 5.74) is -1.17. The zero-order valence-electron chi connectivity index (χ0n) is 13.5. The minimum absolute atomic E-state index is 0.0455. The lowest BCUT2D eigenvalue weighted by molar-refractivity contribution is -0.139. The van der Waals surface area contributed by atoms with E-state index >= 15 is 0 Å². The molecule has 1 fully saturated rings. The van der Waals surface area contributed by atoms with Crippen molar-refractivity contribution in [1.29, 1.82) is 0 Å². The number of para-hydroxylation sites is 1. The largest absolute Gasteiger partial charge is 0.492 e. The van der Waals surface area contributed by atoms with Crippen LogP contribution < -0.4 is 4.74 Å². The van der Waals surface area contributed by atoms with Gasteiger partial charge in [0.2, 0.25) is 5.91 Å². The first-order chi connectivity index (χ1) is 12.4. The fourth-order valence-electron chi connectivity index (χ4n) is 2.73. The molecule has 1 aliphatic rings. The van der Waals surface area contributed by atoms with Gasteiger partial charge in [0, 0.05) is 0 Å². The first-order valence-electron chi connectivity index (χ1n) is 7.82. The van der Waals surface area contributed by atoms with Crippen LogP contribution in [0.2, 0.25) is 0 Å². The Labute approximate surface area is 151 Å². The molecule has 1 aliphatic heterocycles. The maximum absolute atomic E-state index is 13.6. The van der Waals surface area contributed by atoms with Crippen LogP contribution in [0.4, 0.5) is 17.6 Å². The van der Waals surface area contributed by atoms with Gasteiger partial charge in [0.05, 0.1) is 17.9 Å². The van der Waals surface area contributed by atoms with E-state index in [4.69, 9.17) is 4.74 Å². The lowest BCUT2D eigenvalue weighted by Gasteiger charge is -2.26. The molecular formula is C18H15F4NO2S. The highest BCUT2D eigenvalue weighted by Gasteiger charge is 2.40. The minimum Gasteiger partial charge on any atom is -0.492 e. The number of amides is 1. The number of benzene rings is 2. The summed E-state index contributed by atoms with van der Waals surface area (Å²) in [5, 5.41) is -0.894. The number of halogens is 4. The van der Waals surface area contributed by atoms with Crippen molar-refractivity contribution in [3.05, 3.63) is 65.5 Å². The third kappa shape index (κ3) is 4.12. The minimum atomic E-state index is -4.62. The normalized spacial score (nSPS) is 17.6. The van der Waals surface area contributed by atoms with Crippen molar-refractivity contribution in [2.24, 2.45) is 0 Å². The Hall–Kier alpha value is -2.22. The fourth-order valence-corrected chi connectivity index (χ4v) is 3.97. The number of nitrogens with zero attached hydrogens (tertiary/aromatic N) is 1. The van der Waals surface area contributed by atoms with E-state index in [-0.39, 0.29) is 30.4 Å². The predicted molar refractivity (Wildman–Crippen MR) is 90.3 cm³/mol. The van der Waals surface area contributed by atoms with Gasteiger partial charge in [-0.05, 0) is 35.9 Å². The topological polar surface area (TPSA) is 29.5 Å². The van der Waals surface area contributed by atoms with Gasteiger partial charge in [0.15, 0.2) is 0 Å². The van der Waals surface area contributed by atoms with Crippen LogP contribution in [0.5, 0.6) is 5.75 Å². The van der Waals surface area contributed by atoms with Gasteiger partial charge in [-0.3, -0.25) is 4.79 Å². The molecule has 2 aromatic carbocycles. The predicted octanol–water partition coefficient (Wildman–Crippen LogP) is 4.50. The van der Waals surface area contributed by atoms with Crippen LogP contribution in [0.3, 0.4) is 0 Å². The van der Waals surface area contributed by atoms with E-state index in [9.17, 15) is 22.4 Å². The van der Waals surface area contributed by atoms with Crippen LogP contribution in [-0.4, -0.2) is 29.7 Å². The number of carbonyl (C=O) groups is 1. The molecule has 1 atom stereocenters. The summed E-state index contributed by atoms with van der Waals surface area (Å²) >= 11 is 1.05. The van der Waals surface area contributed by atoms with Gasteiger partial charge >= 0.3 is 6.18 Å². The highest BCUT2D eigenvalue weighted by atomic mass is 32.2. The summed E-state index contributed by atoms with van der Waals surface area (Å²) in [6, 6.07) is 11.2. The smallest absolute Gasteiger partial charge is 0.416 e. The summed E-state index contributed by atoms with van der Waals surface area (Å²) < 4.78 is 58.9. The van der Waals surface area contributed by atoms with E-state index in [2.05, 4.69) is 0 Å². The first-order valence-corrected chi connectivity index (χ1v) is 8.86. The Morgan fingerprint density at radius 1 is 1.15 bits per heavy atom. The molecule has 3 rings (SSSR count). The number of ether oxygens (including phenoxy) is 1. The Morgan fingerprint density at radius 2 is 1.88 bits per heavy atom. The molecule has 1 saturated heterocycles. The number of hydrogen-bond donors (Lipinski definition) is 0. The number of hydrogen-bond acceptors (Lipinski definition) is 3. The molecule has 0 spiro atoms. The second-order valence-corrected chi connectivity index (χ2v) is 6.71. The third-order valence-electron chi connectivity index (χ3n) is 3.90. The third-order valence-corrected chi connectivity index (χ3v) is 5.14. The molecule has 0 radical (unpaired) electrons. The number of alkyl halides is 3. The summed E-state index contributed by atoms with van der Waals surface area (Å²) in [6.07, 6.45) is -4.62. The van der Waals surface area contributed by atoms with Crippen LogP contribution in [0.1, 0.15) is 16.5 Å². The molecule has 8 heteroatoms. The number of thioether (sulfide) groups is 1. The van der Waals surface area contributed by atoms with E-state index < -0.39 is 22.9 Å². The molecule has 0 aromatic heterocycles. The molecule has 0 aliphatic carbocycles. The summed E-state index contributed by atoms with van der Waals surface area (Å²) in [6.45, 7) is 0.239. The average molecular weight is 385 g/mol. The fraction of sp³-hybridized carbons (Fsp3) is 0.278. The molecule has 138 valence electrons. The highest BCUT2D eigenvalue weighted by Crippen LogP contribution is 2.44. The molecule has 0 bridgehead atoms.